The van der Waals surface area contributed by atoms with E-state index < -0.39 is 26.7 Å². The summed E-state index contributed by atoms with van der Waals surface area (Å²) in [6.45, 7) is 3.22. The number of carbonyl (C=O) groups excluding carboxylic acids is 2. The molecular formula is C27H28FN7O5S2. The highest BCUT2D eigenvalue weighted by Gasteiger charge is 2.21. The van der Waals surface area contributed by atoms with Crippen molar-refractivity contribution in [3.8, 4) is 5.82 Å². The molecule has 0 bridgehead atoms. The molecule has 0 spiro atoms. The van der Waals surface area contributed by atoms with Crippen LogP contribution in [0.3, 0.4) is 0 Å². The van der Waals surface area contributed by atoms with Gasteiger partial charge in [0.25, 0.3) is 21.5 Å². The highest BCUT2D eigenvalue weighted by Crippen LogP contribution is 2.23. The smallest absolute Gasteiger partial charge is 0.333 e. The normalized spacial score (nSPS) is 13.7. The average molecular weight is 614 g/mol. The fourth-order valence-electron chi connectivity index (χ4n) is 4.65. The Hall–Kier alpha value is -4.34. The van der Waals surface area contributed by atoms with Crippen molar-refractivity contribution in [1.29, 1.82) is 0 Å². The van der Waals surface area contributed by atoms with Crippen molar-refractivity contribution in [1.82, 2.24) is 24.5 Å². The third-order valence-electron chi connectivity index (χ3n) is 6.76. The van der Waals surface area contributed by atoms with Crippen molar-refractivity contribution < 1.29 is 22.4 Å². The number of hydrogen-bond acceptors (Lipinski definition) is 9. The van der Waals surface area contributed by atoms with Gasteiger partial charge in [0.2, 0.25) is 0 Å². The van der Waals surface area contributed by atoms with Crippen LogP contribution in [0.5, 0.6) is 0 Å². The molecule has 0 aliphatic carbocycles. The minimum absolute atomic E-state index is 0.135. The minimum Gasteiger partial charge on any atom is -0.388 e. The maximum absolute atomic E-state index is 13.4. The molecule has 1 aliphatic heterocycles. The molecule has 0 unspecified atom stereocenters. The Kier molecular flexibility index (Phi) is 8.51. The van der Waals surface area contributed by atoms with Crippen molar-refractivity contribution in [2.75, 3.05) is 43.9 Å². The van der Waals surface area contributed by atoms with Gasteiger partial charge in [0, 0.05) is 42.8 Å². The lowest BCUT2D eigenvalue weighted by Gasteiger charge is -2.16. The van der Waals surface area contributed by atoms with Crippen LogP contribution in [0.2, 0.25) is 0 Å². The first-order valence-corrected chi connectivity index (χ1v) is 15.4. The van der Waals surface area contributed by atoms with Crippen molar-refractivity contribution in [2.24, 2.45) is 0 Å². The molecule has 3 amide bonds. The van der Waals surface area contributed by atoms with Gasteiger partial charge < -0.3 is 20.9 Å². The number of carbonyl (C=O) groups is 2. The first-order chi connectivity index (χ1) is 20.1. The number of aromatic nitrogens is 2. The number of likely N-dealkylation sites (tertiary alicyclic amines) is 1. The summed E-state index contributed by atoms with van der Waals surface area (Å²) in [5.41, 5.74) is 0.767. The Morgan fingerprint density at radius 3 is 2.48 bits per heavy atom. The van der Waals surface area contributed by atoms with Crippen LogP contribution in [0.1, 0.15) is 23.2 Å². The van der Waals surface area contributed by atoms with Gasteiger partial charge in [-0.15, -0.1) is 0 Å². The van der Waals surface area contributed by atoms with Crippen LogP contribution in [0.15, 0.2) is 63.9 Å². The van der Waals surface area contributed by atoms with Crippen molar-refractivity contribution in [3.63, 3.8) is 0 Å². The summed E-state index contributed by atoms with van der Waals surface area (Å²) in [5.74, 6) is -0.152. The van der Waals surface area contributed by atoms with Crippen molar-refractivity contribution in [2.45, 2.75) is 17.1 Å². The monoisotopic (exact) mass is 613 g/mol. The zero-order valence-corrected chi connectivity index (χ0v) is 24.1. The number of anilines is 2. The summed E-state index contributed by atoms with van der Waals surface area (Å²) in [6, 6.07) is 8.95. The molecule has 42 heavy (non-hydrogen) atoms. The molecule has 5 rings (SSSR count). The molecule has 4 heterocycles. The Morgan fingerprint density at radius 2 is 1.81 bits per heavy atom. The number of amides is 3. The predicted molar refractivity (Wildman–Crippen MR) is 159 cm³/mol. The second-order valence-electron chi connectivity index (χ2n) is 9.56. The van der Waals surface area contributed by atoms with E-state index in [1.54, 1.807) is 30.0 Å². The number of pyridine rings is 2. The lowest BCUT2D eigenvalue weighted by molar-refractivity contribution is 0.0950. The molecule has 1 aliphatic rings. The summed E-state index contributed by atoms with van der Waals surface area (Å²) < 4.78 is 40.5. The maximum Gasteiger partial charge on any atom is 0.333 e. The van der Waals surface area contributed by atoms with Crippen molar-refractivity contribution in [3.05, 3.63) is 75.9 Å². The van der Waals surface area contributed by atoms with Gasteiger partial charge in [-0.05, 0) is 68.4 Å². The Bertz CT molecular complexity index is 1800. The van der Waals surface area contributed by atoms with E-state index in [0.29, 0.717) is 34.2 Å². The summed E-state index contributed by atoms with van der Waals surface area (Å²) in [4.78, 5) is 45.6. The largest absolute Gasteiger partial charge is 0.388 e. The van der Waals surface area contributed by atoms with E-state index in [9.17, 15) is 27.2 Å². The minimum atomic E-state index is -4.26. The molecule has 1 fully saturated rings. The number of nitrogens with one attached hydrogen (secondary N) is 4. The van der Waals surface area contributed by atoms with Gasteiger partial charge in [-0.25, -0.2) is 22.9 Å². The van der Waals surface area contributed by atoms with Crippen LogP contribution in [0.4, 0.5) is 20.6 Å². The molecule has 1 saturated heterocycles. The fourth-order valence-corrected chi connectivity index (χ4v) is 6.56. The Balaban J connectivity index is 1.38. The zero-order chi connectivity index (χ0) is 29.9. The number of hydrogen-bond donors (Lipinski definition) is 4. The maximum atomic E-state index is 13.4. The quantitative estimate of drug-likeness (QED) is 0.225. The third kappa shape index (κ3) is 6.42. The van der Waals surface area contributed by atoms with Gasteiger partial charge in [-0.1, -0.05) is 11.3 Å². The molecular weight excluding hydrogens is 585 g/mol. The average Bonchev–Trinajstić information content (AvgIpc) is 3.65. The summed E-state index contributed by atoms with van der Waals surface area (Å²) in [5, 5.41) is 8.43. The van der Waals surface area contributed by atoms with E-state index >= 15 is 0 Å². The van der Waals surface area contributed by atoms with E-state index in [1.807, 2.05) is 0 Å². The topological polar surface area (TPSA) is 155 Å². The summed E-state index contributed by atoms with van der Waals surface area (Å²) in [7, 11) is -2.52. The molecule has 4 N–H and O–H groups in total. The van der Waals surface area contributed by atoms with E-state index in [2.05, 4.69) is 25.8 Å². The number of sulfonamides is 1. The molecule has 3 aromatic heterocycles. The van der Waals surface area contributed by atoms with E-state index in [1.165, 1.54) is 29.1 Å². The number of urea groups is 1. The Morgan fingerprint density at radius 1 is 1.05 bits per heavy atom. The van der Waals surface area contributed by atoms with Crippen LogP contribution in [-0.2, 0) is 10.0 Å². The van der Waals surface area contributed by atoms with Gasteiger partial charge in [0.05, 0.1) is 17.4 Å². The van der Waals surface area contributed by atoms with Crippen LogP contribution in [0.25, 0.3) is 16.6 Å². The van der Waals surface area contributed by atoms with E-state index in [4.69, 9.17) is 0 Å². The SMILES string of the molecule is CNc1ccc2c(=O)n(-c3ccc(NC(=O)NS(=O)(=O)c4ccc(F)s4)cn3)cc(C(=O)NCCN3CCCC3)c2c1. The molecule has 15 heteroatoms. The molecule has 1 aromatic carbocycles. The number of benzene rings is 1. The van der Waals surface area contributed by atoms with Gasteiger partial charge in [-0.2, -0.15) is 4.39 Å². The molecule has 12 nitrogen and oxygen atoms in total. The van der Waals surface area contributed by atoms with E-state index in [0.717, 1.165) is 50.3 Å². The molecule has 4 aromatic rings. The van der Waals surface area contributed by atoms with Crippen molar-refractivity contribution >= 4 is 55.4 Å². The second-order valence-corrected chi connectivity index (χ2v) is 12.5. The van der Waals surface area contributed by atoms with Crippen LogP contribution in [-0.4, -0.2) is 68.0 Å². The first kappa shape index (κ1) is 29.2. The molecule has 0 radical (unpaired) electrons. The molecule has 0 atom stereocenters. The third-order valence-corrected chi connectivity index (χ3v) is 9.45. The highest BCUT2D eigenvalue weighted by atomic mass is 32.2. The Labute approximate surface area is 244 Å². The van der Waals surface area contributed by atoms with Crippen LogP contribution >= 0.6 is 11.3 Å². The lowest BCUT2D eigenvalue weighted by atomic mass is 10.1. The number of nitrogens with zero attached hydrogens (tertiary/aromatic N) is 3. The van der Waals surface area contributed by atoms with Crippen LogP contribution < -0.4 is 26.2 Å². The van der Waals surface area contributed by atoms with Gasteiger partial charge in [0.15, 0.2) is 5.13 Å². The zero-order valence-electron chi connectivity index (χ0n) is 22.5. The molecule has 0 saturated carbocycles. The highest BCUT2D eigenvalue weighted by molar-refractivity contribution is 7.92. The summed E-state index contributed by atoms with van der Waals surface area (Å²) in [6.07, 6.45) is 4.97. The van der Waals surface area contributed by atoms with Gasteiger partial charge in [-0.3, -0.25) is 14.2 Å². The van der Waals surface area contributed by atoms with E-state index in [-0.39, 0.29) is 21.6 Å². The fraction of sp³-hybridized carbons (Fsp3) is 0.259. The van der Waals surface area contributed by atoms with Crippen LogP contribution in [0, 0.1) is 5.13 Å². The lowest BCUT2D eigenvalue weighted by Crippen LogP contribution is -2.34. The van der Waals surface area contributed by atoms with Gasteiger partial charge in [0.1, 0.15) is 10.0 Å². The first-order valence-electron chi connectivity index (χ1n) is 13.1. The predicted octanol–water partition coefficient (Wildman–Crippen LogP) is 2.96. The number of halogens is 1. The second kappa shape index (κ2) is 12.3. The molecule has 220 valence electrons. The summed E-state index contributed by atoms with van der Waals surface area (Å²) >= 11 is 0.384. The number of rotatable bonds is 9. The number of fused-ring (bicyclic) bond motifs is 1. The standard InChI is InChI=1S/C27H28FN7O5S2/c1-29-17-4-6-19-20(14-17)21(25(36)30-10-13-34-11-2-3-12-34)16-35(26(19)37)23-8-5-18(15-31-23)32-27(38)33-42(39,40)24-9-7-22(28)41-24/h4-9,14-16,29H,2-3,10-13H2,1H3,(H,30,36)(H2,32,33,38). The number of thiophene rings is 1. The van der Waals surface area contributed by atoms with Gasteiger partial charge >= 0.3 is 6.03 Å².